The Morgan fingerprint density at radius 1 is 1.22 bits per heavy atom. The van der Waals surface area contributed by atoms with Crippen LogP contribution in [0.5, 0.6) is 5.75 Å². The number of benzene rings is 2. The number of nitrogens with one attached hydrogen (secondary N) is 1. The highest BCUT2D eigenvalue weighted by Gasteiger charge is 2.34. The first-order valence-corrected chi connectivity index (χ1v) is 7.95. The lowest BCUT2D eigenvalue weighted by molar-refractivity contribution is 0.0120. The molecule has 0 aliphatic heterocycles. The van der Waals surface area contributed by atoms with E-state index in [1.54, 1.807) is 12.1 Å². The molecule has 0 fully saturated rings. The molecule has 7 nitrogen and oxygen atoms in total. The molecule has 27 heavy (non-hydrogen) atoms. The first-order valence-electron chi connectivity index (χ1n) is 7.95. The Labute approximate surface area is 152 Å². The largest absolute Gasteiger partial charge is 0.507 e. The Kier molecular flexibility index (Phi) is 5.13. The number of carbonyl (C=O) groups excluding carboxylic acids is 1. The summed E-state index contributed by atoms with van der Waals surface area (Å²) in [7, 11) is 0. The van der Waals surface area contributed by atoms with Gasteiger partial charge in [-0.25, -0.2) is 18.4 Å². The predicted molar refractivity (Wildman–Crippen MR) is 90.7 cm³/mol. The molecule has 1 amide bonds. The Morgan fingerprint density at radius 2 is 2.00 bits per heavy atom. The van der Waals surface area contributed by atoms with E-state index in [0.717, 1.165) is 12.1 Å². The Hall–Kier alpha value is -3.33. The highest BCUT2D eigenvalue weighted by molar-refractivity contribution is 5.96. The van der Waals surface area contributed by atoms with Crippen molar-refractivity contribution in [1.82, 2.24) is 20.1 Å². The van der Waals surface area contributed by atoms with Crippen LogP contribution in [0, 0.1) is 11.6 Å². The number of rotatable bonds is 6. The van der Waals surface area contributed by atoms with E-state index in [9.17, 15) is 23.8 Å². The summed E-state index contributed by atoms with van der Waals surface area (Å²) in [6, 6.07) is 8.63. The van der Waals surface area contributed by atoms with E-state index < -0.39 is 29.7 Å². The van der Waals surface area contributed by atoms with E-state index >= 15 is 0 Å². The van der Waals surface area contributed by atoms with Crippen molar-refractivity contribution >= 4 is 5.91 Å². The molecule has 0 bridgehead atoms. The molecule has 1 atom stereocenters. The van der Waals surface area contributed by atoms with Crippen LogP contribution in [0.1, 0.15) is 15.9 Å². The second kappa shape index (κ2) is 7.50. The van der Waals surface area contributed by atoms with Gasteiger partial charge in [0.25, 0.3) is 5.91 Å². The Morgan fingerprint density at radius 3 is 2.67 bits per heavy atom. The predicted octanol–water partition coefficient (Wildman–Crippen LogP) is 1.58. The maximum Gasteiger partial charge on any atom is 0.255 e. The number of aliphatic hydroxyl groups is 1. The van der Waals surface area contributed by atoms with Gasteiger partial charge in [0.05, 0.1) is 18.7 Å². The summed E-state index contributed by atoms with van der Waals surface area (Å²) in [6.45, 7) is -0.654. The fraction of sp³-hybridized carbons (Fsp3) is 0.167. The zero-order valence-electron chi connectivity index (χ0n) is 14.0. The fourth-order valence-electron chi connectivity index (χ4n) is 2.67. The van der Waals surface area contributed by atoms with Crippen LogP contribution in [0.15, 0.2) is 55.1 Å². The van der Waals surface area contributed by atoms with Gasteiger partial charge < -0.3 is 15.5 Å². The number of amides is 1. The van der Waals surface area contributed by atoms with Crippen LogP contribution in [0.25, 0.3) is 0 Å². The molecule has 3 rings (SSSR count). The number of carbonyl (C=O) groups is 1. The molecule has 1 heterocycles. The monoisotopic (exact) mass is 374 g/mol. The number of phenols is 1. The minimum atomic E-state index is -1.94. The van der Waals surface area contributed by atoms with Gasteiger partial charge in [-0.3, -0.25) is 4.79 Å². The zero-order chi connectivity index (χ0) is 19.4. The molecular weight excluding hydrogens is 358 g/mol. The molecule has 3 aromatic rings. The quantitative estimate of drug-likeness (QED) is 0.608. The number of hydrogen-bond acceptors (Lipinski definition) is 5. The minimum absolute atomic E-state index is 0.000170. The van der Waals surface area contributed by atoms with Crippen LogP contribution in [-0.2, 0) is 12.1 Å². The second-order valence-corrected chi connectivity index (χ2v) is 5.95. The molecule has 9 heteroatoms. The maximum atomic E-state index is 14.3. The summed E-state index contributed by atoms with van der Waals surface area (Å²) in [5, 5.41) is 27.2. The standard InChI is InChI=1S/C18H16F2N4O3/c19-12-5-6-14(15(20)7-12)18(27,9-24-11-21-10-23-24)8-22-17(26)13-3-1-2-4-16(13)25/h1-7,10-11,25,27H,8-9H2,(H,22,26)/t18-/m1/s1. The molecule has 0 radical (unpaired) electrons. The lowest BCUT2D eigenvalue weighted by atomic mass is 9.92. The van der Waals surface area contributed by atoms with Gasteiger partial charge in [0.15, 0.2) is 0 Å². The highest BCUT2D eigenvalue weighted by Crippen LogP contribution is 2.26. The summed E-state index contributed by atoms with van der Waals surface area (Å²) in [6.07, 6.45) is 2.55. The molecule has 1 aromatic heterocycles. The van der Waals surface area contributed by atoms with E-state index in [1.165, 1.54) is 29.5 Å². The number of aromatic nitrogens is 3. The molecule has 0 unspecified atom stereocenters. The third-order valence-electron chi connectivity index (χ3n) is 4.01. The van der Waals surface area contributed by atoms with Crippen molar-refractivity contribution in [3.8, 4) is 5.75 Å². The molecule has 0 saturated heterocycles. The van der Waals surface area contributed by atoms with Crippen LogP contribution in [0.3, 0.4) is 0 Å². The van der Waals surface area contributed by atoms with Crippen molar-refractivity contribution in [2.24, 2.45) is 0 Å². The van der Waals surface area contributed by atoms with Gasteiger partial charge in [-0.1, -0.05) is 18.2 Å². The lowest BCUT2D eigenvalue weighted by Crippen LogP contribution is -2.44. The number of para-hydroxylation sites is 1. The van der Waals surface area contributed by atoms with Gasteiger partial charge >= 0.3 is 0 Å². The van der Waals surface area contributed by atoms with Crippen LogP contribution in [-0.4, -0.2) is 37.4 Å². The van der Waals surface area contributed by atoms with E-state index in [1.807, 2.05) is 0 Å². The Bertz CT molecular complexity index is 950. The number of phenolic OH excluding ortho intramolecular Hbond substituents is 1. The van der Waals surface area contributed by atoms with Crippen LogP contribution < -0.4 is 5.32 Å². The topological polar surface area (TPSA) is 100 Å². The maximum absolute atomic E-state index is 14.3. The van der Waals surface area contributed by atoms with Gasteiger partial charge in [0.1, 0.15) is 35.6 Å². The molecule has 0 aliphatic carbocycles. The van der Waals surface area contributed by atoms with Crippen molar-refractivity contribution < 1.29 is 23.8 Å². The van der Waals surface area contributed by atoms with Crippen LogP contribution >= 0.6 is 0 Å². The summed E-state index contributed by atoms with van der Waals surface area (Å²) in [5.74, 6) is -2.65. The van der Waals surface area contributed by atoms with E-state index in [2.05, 4.69) is 15.4 Å². The van der Waals surface area contributed by atoms with Crippen molar-refractivity contribution in [3.05, 3.63) is 77.9 Å². The summed E-state index contributed by atoms with van der Waals surface area (Å²) >= 11 is 0. The summed E-state index contributed by atoms with van der Waals surface area (Å²) in [4.78, 5) is 16.1. The van der Waals surface area contributed by atoms with Crippen LogP contribution in [0.2, 0.25) is 0 Å². The van der Waals surface area contributed by atoms with E-state index in [-0.39, 0.29) is 23.4 Å². The van der Waals surface area contributed by atoms with E-state index in [4.69, 9.17) is 0 Å². The normalized spacial score (nSPS) is 13.1. The summed E-state index contributed by atoms with van der Waals surface area (Å²) in [5.41, 5.74) is -2.15. The molecule has 0 saturated carbocycles. The van der Waals surface area contributed by atoms with Crippen LogP contribution in [0.4, 0.5) is 8.78 Å². The van der Waals surface area contributed by atoms with Gasteiger partial charge in [-0.05, 0) is 18.2 Å². The molecule has 140 valence electrons. The minimum Gasteiger partial charge on any atom is -0.507 e. The van der Waals surface area contributed by atoms with E-state index in [0.29, 0.717) is 6.07 Å². The zero-order valence-corrected chi connectivity index (χ0v) is 14.0. The third kappa shape index (κ3) is 4.09. The number of nitrogens with zero attached hydrogens (tertiary/aromatic N) is 3. The first kappa shape index (κ1) is 18.5. The SMILES string of the molecule is O=C(NC[C@@](O)(Cn1cncn1)c1ccc(F)cc1F)c1ccccc1O. The molecule has 3 N–H and O–H groups in total. The first-order chi connectivity index (χ1) is 12.9. The highest BCUT2D eigenvalue weighted by atomic mass is 19.1. The number of aromatic hydroxyl groups is 1. The second-order valence-electron chi connectivity index (χ2n) is 5.95. The van der Waals surface area contributed by atoms with Gasteiger partial charge in [0.2, 0.25) is 0 Å². The van der Waals surface area contributed by atoms with Crippen molar-refractivity contribution in [2.75, 3.05) is 6.54 Å². The number of hydrogen-bond donors (Lipinski definition) is 3. The Balaban J connectivity index is 1.88. The van der Waals surface area contributed by atoms with Gasteiger partial charge in [-0.2, -0.15) is 5.10 Å². The molecule has 0 spiro atoms. The average Bonchev–Trinajstić information content (AvgIpc) is 3.12. The number of halogens is 2. The van der Waals surface area contributed by atoms with Gasteiger partial charge in [-0.15, -0.1) is 0 Å². The molecule has 0 aliphatic rings. The average molecular weight is 374 g/mol. The summed E-state index contributed by atoms with van der Waals surface area (Å²) < 4.78 is 28.8. The third-order valence-corrected chi connectivity index (χ3v) is 4.01. The van der Waals surface area contributed by atoms with Crippen molar-refractivity contribution in [1.29, 1.82) is 0 Å². The van der Waals surface area contributed by atoms with Gasteiger partial charge in [0, 0.05) is 11.6 Å². The van der Waals surface area contributed by atoms with Crippen molar-refractivity contribution in [3.63, 3.8) is 0 Å². The molecular formula is C18H16F2N4O3. The molecule has 2 aromatic carbocycles. The fourth-order valence-corrected chi connectivity index (χ4v) is 2.67. The smallest absolute Gasteiger partial charge is 0.255 e. The lowest BCUT2D eigenvalue weighted by Gasteiger charge is -2.29. The van der Waals surface area contributed by atoms with Crippen molar-refractivity contribution in [2.45, 2.75) is 12.1 Å².